The topological polar surface area (TPSA) is 68.2 Å². The fourth-order valence-corrected chi connectivity index (χ4v) is 3.81. The minimum absolute atomic E-state index is 0.0329. The second-order valence-electron chi connectivity index (χ2n) is 7.01. The van der Waals surface area contributed by atoms with Crippen LogP contribution >= 0.6 is 11.6 Å². The molecule has 2 aromatic rings. The van der Waals surface area contributed by atoms with Crippen LogP contribution in [-0.4, -0.2) is 43.2 Å². The van der Waals surface area contributed by atoms with Crippen LogP contribution < -0.4 is 4.74 Å². The van der Waals surface area contributed by atoms with Crippen molar-refractivity contribution in [2.24, 2.45) is 0 Å². The van der Waals surface area contributed by atoms with Gasteiger partial charge in [0, 0.05) is 37.0 Å². The SMILES string of the molecule is COc1ccc(Cc2cc([C@@]3(OC)CC(O)CC(CO)O3)ccc2Cl)c(F)c1F. The van der Waals surface area contributed by atoms with E-state index in [0.717, 1.165) is 0 Å². The Morgan fingerprint density at radius 2 is 1.93 bits per heavy atom. The van der Waals surface area contributed by atoms with E-state index in [1.54, 1.807) is 18.2 Å². The molecule has 0 spiro atoms. The first-order chi connectivity index (χ1) is 13.8. The maximum absolute atomic E-state index is 14.4. The van der Waals surface area contributed by atoms with Crippen LogP contribution in [0.25, 0.3) is 0 Å². The summed E-state index contributed by atoms with van der Waals surface area (Å²) < 4.78 is 44.8. The molecule has 1 saturated heterocycles. The van der Waals surface area contributed by atoms with Crippen LogP contribution in [0.5, 0.6) is 5.75 Å². The molecular formula is C21H23ClF2O5. The van der Waals surface area contributed by atoms with E-state index in [0.29, 0.717) is 22.6 Å². The van der Waals surface area contributed by atoms with Gasteiger partial charge in [-0.2, -0.15) is 4.39 Å². The lowest BCUT2D eigenvalue weighted by Crippen LogP contribution is -2.46. The summed E-state index contributed by atoms with van der Waals surface area (Å²) in [5, 5.41) is 20.1. The van der Waals surface area contributed by atoms with Gasteiger partial charge in [-0.05, 0) is 29.3 Å². The molecule has 0 aromatic heterocycles. The monoisotopic (exact) mass is 428 g/mol. The summed E-state index contributed by atoms with van der Waals surface area (Å²) in [6, 6.07) is 7.78. The Hall–Kier alpha value is -1.77. The molecule has 1 aliphatic rings. The van der Waals surface area contributed by atoms with Crippen LogP contribution in [0, 0.1) is 11.6 Å². The molecular weight excluding hydrogens is 406 g/mol. The summed E-state index contributed by atoms with van der Waals surface area (Å²) in [6.45, 7) is -0.265. The maximum Gasteiger partial charge on any atom is 0.200 e. The van der Waals surface area contributed by atoms with Crippen molar-refractivity contribution in [2.75, 3.05) is 20.8 Å². The van der Waals surface area contributed by atoms with Crippen molar-refractivity contribution < 1.29 is 33.2 Å². The largest absolute Gasteiger partial charge is 0.494 e. The Bertz CT molecular complexity index is 878. The average Bonchev–Trinajstić information content (AvgIpc) is 2.72. The summed E-state index contributed by atoms with van der Waals surface area (Å²) >= 11 is 6.30. The molecule has 2 N–H and O–H groups in total. The molecule has 0 aliphatic carbocycles. The number of methoxy groups -OCH3 is 2. The van der Waals surface area contributed by atoms with Gasteiger partial charge in [-0.1, -0.05) is 23.7 Å². The van der Waals surface area contributed by atoms with Crippen LogP contribution in [0.15, 0.2) is 30.3 Å². The van der Waals surface area contributed by atoms with Gasteiger partial charge in [0.25, 0.3) is 0 Å². The minimum atomic E-state index is -1.28. The predicted octanol–water partition coefficient (Wildman–Crippen LogP) is 3.55. The molecule has 8 heteroatoms. The molecule has 1 aliphatic heterocycles. The van der Waals surface area contributed by atoms with Crippen LogP contribution in [0.1, 0.15) is 29.5 Å². The van der Waals surface area contributed by atoms with Crippen molar-refractivity contribution in [3.8, 4) is 5.75 Å². The zero-order valence-electron chi connectivity index (χ0n) is 16.1. The summed E-state index contributed by atoms with van der Waals surface area (Å²) in [5.74, 6) is -3.52. The van der Waals surface area contributed by atoms with Gasteiger partial charge in [0.1, 0.15) is 0 Å². The third-order valence-corrected chi connectivity index (χ3v) is 5.51. The van der Waals surface area contributed by atoms with Crippen molar-refractivity contribution in [1.82, 2.24) is 0 Å². The molecule has 0 radical (unpaired) electrons. The highest BCUT2D eigenvalue weighted by Gasteiger charge is 2.43. The first kappa shape index (κ1) is 21.9. The van der Waals surface area contributed by atoms with Gasteiger partial charge in [0.05, 0.1) is 25.9 Å². The fraction of sp³-hybridized carbons (Fsp3) is 0.429. The van der Waals surface area contributed by atoms with E-state index < -0.39 is 29.6 Å². The standard InChI is InChI=1S/C21H23ClF2O5/c1-27-18-6-3-12(19(23)20(18)24)7-13-8-14(4-5-17(13)22)21(28-2)10-15(26)9-16(11-25)29-21/h3-6,8,15-16,25-26H,7,9-11H2,1-2H3/t15?,16?,21-/m1/s1. The number of aliphatic hydroxyl groups excluding tert-OH is 2. The number of aliphatic hydroxyl groups is 2. The van der Waals surface area contributed by atoms with Crippen molar-refractivity contribution in [3.05, 3.63) is 63.7 Å². The maximum atomic E-state index is 14.4. The van der Waals surface area contributed by atoms with Crippen molar-refractivity contribution in [3.63, 3.8) is 0 Å². The molecule has 2 aromatic carbocycles. The smallest absolute Gasteiger partial charge is 0.200 e. The highest BCUT2D eigenvalue weighted by molar-refractivity contribution is 6.31. The highest BCUT2D eigenvalue weighted by atomic mass is 35.5. The third kappa shape index (κ3) is 4.39. The quantitative estimate of drug-likeness (QED) is 0.736. The van der Waals surface area contributed by atoms with E-state index in [4.69, 9.17) is 25.8 Å². The summed E-state index contributed by atoms with van der Waals surface area (Å²) in [4.78, 5) is 0. The van der Waals surface area contributed by atoms with Crippen LogP contribution in [-0.2, 0) is 21.7 Å². The summed E-state index contributed by atoms with van der Waals surface area (Å²) in [7, 11) is 2.71. The molecule has 3 atom stereocenters. The van der Waals surface area contributed by atoms with E-state index >= 15 is 0 Å². The molecule has 29 heavy (non-hydrogen) atoms. The Balaban J connectivity index is 1.97. The van der Waals surface area contributed by atoms with E-state index in [-0.39, 0.29) is 30.8 Å². The van der Waals surface area contributed by atoms with Gasteiger partial charge in [-0.3, -0.25) is 0 Å². The van der Waals surface area contributed by atoms with E-state index in [2.05, 4.69) is 0 Å². The minimum Gasteiger partial charge on any atom is -0.494 e. The van der Waals surface area contributed by atoms with Gasteiger partial charge in [0.15, 0.2) is 17.4 Å². The molecule has 0 amide bonds. The second kappa shape index (κ2) is 8.93. The molecule has 1 fully saturated rings. The summed E-state index contributed by atoms with van der Waals surface area (Å²) in [6.07, 6.45) is -0.838. The van der Waals surface area contributed by atoms with Gasteiger partial charge in [-0.25, -0.2) is 4.39 Å². The van der Waals surface area contributed by atoms with Crippen molar-refractivity contribution >= 4 is 11.6 Å². The molecule has 5 nitrogen and oxygen atoms in total. The van der Waals surface area contributed by atoms with Crippen LogP contribution in [0.3, 0.4) is 0 Å². The number of ether oxygens (including phenoxy) is 3. The average molecular weight is 429 g/mol. The van der Waals surface area contributed by atoms with Gasteiger partial charge >= 0.3 is 0 Å². The van der Waals surface area contributed by atoms with E-state index in [9.17, 15) is 19.0 Å². The van der Waals surface area contributed by atoms with E-state index in [1.165, 1.54) is 26.4 Å². The van der Waals surface area contributed by atoms with Crippen molar-refractivity contribution in [2.45, 2.75) is 37.3 Å². The predicted molar refractivity (Wildman–Crippen MR) is 103 cm³/mol. The highest BCUT2D eigenvalue weighted by Crippen LogP contribution is 2.40. The van der Waals surface area contributed by atoms with Crippen LogP contribution in [0.2, 0.25) is 5.02 Å². The lowest BCUT2D eigenvalue weighted by Gasteiger charge is -2.42. The van der Waals surface area contributed by atoms with E-state index in [1.807, 2.05) is 0 Å². The Labute approximate surface area is 172 Å². The molecule has 2 unspecified atom stereocenters. The number of halogens is 3. The molecule has 0 saturated carbocycles. The Morgan fingerprint density at radius 1 is 1.17 bits per heavy atom. The Kier molecular flexibility index (Phi) is 6.76. The number of rotatable bonds is 6. The lowest BCUT2D eigenvalue weighted by molar-refractivity contribution is -0.298. The third-order valence-electron chi connectivity index (χ3n) is 5.14. The van der Waals surface area contributed by atoms with Gasteiger partial charge in [-0.15, -0.1) is 0 Å². The van der Waals surface area contributed by atoms with Crippen molar-refractivity contribution in [1.29, 1.82) is 0 Å². The lowest BCUT2D eigenvalue weighted by atomic mass is 9.91. The number of benzene rings is 2. The second-order valence-corrected chi connectivity index (χ2v) is 7.42. The first-order valence-corrected chi connectivity index (χ1v) is 9.53. The number of hydrogen-bond acceptors (Lipinski definition) is 5. The first-order valence-electron chi connectivity index (χ1n) is 9.15. The molecule has 158 valence electrons. The zero-order valence-corrected chi connectivity index (χ0v) is 16.9. The van der Waals surface area contributed by atoms with Gasteiger partial charge in [0.2, 0.25) is 5.82 Å². The zero-order chi connectivity index (χ0) is 21.2. The fourth-order valence-electron chi connectivity index (χ4n) is 3.63. The Morgan fingerprint density at radius 3 is 2.59 bits per heavy atom. The molecule has 1 heterocycles. The van der Waals surface area contributed by atoms with Gasteiger partial charge < -0.3 is 24.4 Å². The normalized spacial score (nSPS) is 24.5. The summed E-state index contributed by atoms with van der Waals surface area (Å²) in [5.41, 5.74) is 1.21. The number of hydrogen-bond donors (Lipinski definition) is 2. The molecule has 3 rings (SSSR count). The molecule has 0 bridgehead atoms. The van der Waals surface area contributed by atoms with Crippen LogP contribution in [0.4, 0.5) is 8.78 Å².